The normalized spacial score (nSPS) is 21.2. The monoisotopic (exact) mass is 662 g/mol. The van der Waals surface area contributed by atoms with Crippen molar-refractivity contribution < 1.29 is 24.3 Å². The number of nitrogens with two attached hydrogens (primary N) is 2. The van der Waals surface area contributed by atoms with Gasteiger partial charge in [-0.15, -0.1) is 0 Å². The molecule has 1 aliphatic heterocycles. The second-order valence-electron chi connectivity index (χ2n) is 14.0. The first-order chi connectivity index (χ1) is 23.0. The fraction of sp³-hybridized carbons (Fsp3) is 0.568. The number of fused-ring (bicyclic) bond motifs is 1. The lowest BCUT2D eigenvalue weighted by Gasteiger charge is -2.29. The van der Waals surface area contributed by atoms with Crippen molar-refractivity contribution >= 4 is 23.6 Å². The van der Waals surface area contributed by atoms with E-state index in [0.29, 0.717) is 58.2 Å². The van der Waals surface area contributed by atoms with Crippen molar-refractivity contribution in [2.75, 3.05) is 19.6 Å². The van der Waals surface area contributed by atoms with Crippen LogP contribution in [0.15, 0.2) is 60.7 Å². The fourth-order valence-corrected chi connectivity index (χ4v) is 6.96. The molecule has 6 unspecified atom stereocenters. The zero-order valence-electron chi connectivity index (χ0n) is 28.4. The van der Waals surface area contributed by atoms with E-state index in [-0.39, 0.29) is 36.2 Å². The van der Waals surface area contributed by atoms with E-state index in [9.17, 15) is 24.3 Å². The number of aliphatic hydroxyl groups excluding tert-OH is 1. The number of rotatable bonds is 17. The van der Waals surface area contributed by atoms with Gasteiger partial charge < -0.3 is 37.4 Å². The zero-order valence-corrected chi connectivity index (χ0v) is 28.4. The van der Waals surface area contributed by atoms with Gasteiger partial charge in [-0.05, 0) is 80.4 Å². The van der Waals surface area contributed by atoms with Crippen LogP contribution >= 0.6 is 0 Å². The predicted octanol–water partition coefficient (Wildman–Crippen LogP) is 1.66. The molecule has 2 aliphatic rings. The molecule has 0 bridgehead atoms. The van der Waals surface area contributed by atoms with Crippen LogP contribution in [0.4, 0.5) is 0 Å². The van der Waals surface area contributed by atoms with Crippen molar-refractivity contribution in [1.29, 1.82) is 0 Å². The molecule has 48 heavy (non-hydrogen) atoms. The molecule has 2 fully saturated rings. The van der Waals surface area contributed by atoms with Crippen molar-refractivity contribution in [1.82, 2.24) is 20.9 Å². The molecule has 1 aliphatic carbocycles. The molecule has 6 atom stereocenters. The summed E-state index contributed by atoms with van der Waals surface area (Å²) in [5.41, 5.74) is 13.7. The number of unbranched alkanes of at least 4 members (excludes halogenated alkanes) is 1. The van der Waals surface area contributed by atoms with Gasteiger partial charge in [-0.1, -0.05) is 74.5 Å². The summed E-state index contributed by atoms with van der Waals surface area (Å²) >= 11 is 0. The fourth-order valence-electron chi connectivity index (χ4n) is 6.96. The molecule has 2 aromatic rings. The average molecular weight is 663 g/mol. The van der Waals surface area contributed by atoms with Crippen LogP contribution in [0, 0.1) is 17.8 Å². The van der Waals surface area contributed by atoms with E-state index in [1.165, 1.54) is 0 Å². The first-order valence-electron chi connectivity index (χ1n) is 17.5. The molecule has 4 amide bonds. The molecule has 1 saturated heterocycles. The Bertz CT molecular complexity index is 1330. The van der Waals surface area contributed by atoms with Gasteiger partial charge in [0.2, 0.25) is 23.6 Å². The van der Waals surface area contributed by atoms with Gasteiger partial charge >= 0.3 is 0 Å². The minimum absolute atomic E-state index is 0.0540. The average Bonchev–Trinajstić information content (AvgIpc) is 3.61. The molecule has 11 heteroatoms. The summed E-state index contributed by atoms with van der Waals surface area (Å²) in [6.07, 6.45) is 3.75. The van der Waals surface area contributed by atoms with Gasteiger partial charge in [0.05, 0.1) is 12.1 Å². The molecule has 0 radical (unpaired) electrons. The Morgan fingerprint density at radius 1 is 0.771 bits per heavy atom. The lowest BCUT2D eigenvalue weighted by molar-refractivity contribution is -0.137. The van der Waals surface area contributed by atoms with Crippen LogP contribution in [0.1, 0.15) is 63.5 Å². The number of benzene rings is 2. The highest BCUT2D eigenvalue weighted by atomic mass is 16.3. The lowest BCUT2D eigenvalue weighted by Crippen LogP contribution is -2.58. The van der Waals surface area contributed by atoms with Gasteiger partial charge in [0.15, 0.2) is 0 Å². The number of hydrogen-bond acceptors (Lipinski definition) is 7. The van der Waals surface area contributed by atoms with Crippen molar-refractivity contribution in [3.05, 3.63) is 71.8 Å². The highest BCUT2D eigenvalue weighted by molar-refractivity contribution is 5.95. The van der Waals surface area contributed by atoms with Crippen molar-refractivity contribution in [3.8, 4) is 0 Å². The van der Waals surface area contributed by atoms with Crippen LogP contribution in [0.25, 0.3) is 0 Å². The van der Waals surface area contributed by atoms with Crippen LogP contribution in [-0.2, 0) is 32.0 Å². The predicted molar refractivity (Wildman–Crippen MR) is 185 cm³/mol. The summed E-state index contributed by atoms with van der Waals surface area (Å²) in [6.45, 7) is 5.54. The number of nitrogens with zero attached hydrogens (tertiary/aromatic N) is 1. The molecule has 1 saturated carbocycles. The van der Waals surface area contributed by atoms with Crippen LogP contribution in [-0.4, -0.2) is 83.5 Å². The summed E-state index contributed by atoms with van der Waals surface area (Å²) in [6, 6.07) is 15.2. The Kier molecular flexibility index (Phi) is 14.0. The number of aliphatic hydroxyl groups is 1. The zero-order chi connectivity index (χ0) is 34.6. The van der Waals surface area contributed by atoms with Crippen molar-refractivity contribution in [2.45, 2.75) is 95.5 Å². The molecule has 8 N–H and O–H groups in total. The third-order valence-electron chi connectivity index (χ3n) is 9.49. The highest BCUT2D eigenvalue weighted by Gasteiger charge is 2.43. The summed E-state index contributed by atoms with van der Waals surface area (Å²) in [4.78, 5) is 56.6. The summed E-state index contributed by atoms with van der Waals surface area (Å²) < 4.78 is 0. The molecule has 0 aromatic heterocycles. The number of hydrogen-bond donors (Lipinski definition) is 6. The van der Waals surface area contributed by atoms with Gasteiger partial charge in [0.25, 0.3) is 0 Å². The summed E-state index contributed by atoms with van der Waals surface area (Å²) in [5.74, 6) is -0.947. The minimum Gasteiger partial charge on any atom is -0.393 e. The molecular formula is C37H54N6O5. The maximum atomic E-state index is 13.9. The maximum absolute atomic E-state index is 13.9. The first-order valence-corrected chi connectivity index (χ1v) is 17.5. The smallest absolute Gasteiger partial charge is 0.245 e. The standard InChI is InChI=1S/C37H54N6O5/c1-24(2)17-32(35(46)40-31(15-9-10-16-38)37(48)43-22-27-20-29(44)21-28(27)23-43)42-36(47)33(19-26-13-7-4-8-14-26)41-34(45)30(39)18-25-11-5-3-6-12-25/h3-8,11-14,24,27-33,44H,9-10,15-23,38-39H2,1-2H3,(H,40,46)(H,41,45)(H,42,47). The summed E-state index contributed by atoms with van der Waals surface area (Å²) in [5, 5.41) is 18.8. The molecular weight excluding hydrogens is 608 g/mol. The van der Waals surface area contributed by atoms with Gasteiger partial charge in [-0.3, -0.25) is 19.2 Å². The number of likely N-dealkylation sites (tertiary alicyclic amines) is 1. The van der Waals surface area contributed by atoms with Gasteiger partial charge in [-0.25, -0.2) is 0 Å². The number of carbonyl (C=O) groups is 4. The molecule has 11 nitrogen and oxygen atoms in total. The van der Waals surface area contributed by atoms with Gasteiger partial charge in [-0.2, -0.15) is 0 Å². The molecule has 1 heterocycles. The van der Waals surface area contributed by atoms with E-state index in [0.717, 1.165) is 17.5 Å². The quantitative estimate of drug-likeness (QED) is 0.139. The topological polar surface area (TPSA) is 180 Å². The Morgan fingerprint density at radius 2 is 1.29 bits per heavy atom. The Hall–Kier alpha value is -3.80. The van der Waals surface area contributed by atoms with E-state index in [4.69, 9.17) is 11.5 Å². The van der Waals surface area contributed by atoms with Crippen LogP contribution in [0.3, 0.4) is 0 Å². The van der Waals surface area contributed by atoms with Gasteiger partial charge in [0, 0.05) is 19.5 Å². The molecule has 262 valence electrons. The number of nitrogens with one attached hydrogen (secondary N) is 3. The molecule has 2 aromatic carbocycles. The molecule has 4 rings (SSSR count). The Morgan fingerprint density at radius 3 is 1.85 bits per heavy atom. The van der Waals surface area contributed by atoms with Crippen LogP contribution in [0.2, 0.25) is 0 Å². The third kappa shape index (κ3) is 10.9. The highest BCUT2D eigenvalue weighted by Crippen LogP contribution is 2.38. The van der Waals surface area contributed by atoms with E-state index >= 15 is 0 Å². The van der Waals surface area contributed by atoms with Crippen LogP contribution < -0.4 is 27.4 Å². The Balaban J connectivity index is 1.46. The van der Waals surface area contributed by atoms with Crippen LogP contribution in [0.5, 0.6) is 0 Å². The van der Waals surface area contributed by atoms with E-state index in [2.05, 4.69) is 16.0 Å². The maximum Gasteiger partial charge on any atom is 0.245 e. The minimum atomic E-state index is -0.981. The first kappa shape index (κ1) is 37.0. The number of amides is 4. The van der Waals surface area contributed by atoms with Crippen molar-refractivity contribution in [3.63, 3.8) is 0 Å². The second-order valence-corrected chi connectivity index (χ2v) is 14.0. The third-order valence-corrected chi connectivity index (χ3v) is 9.49. The second kappa shape index (κ2) is 18.1. The largest absolute Gasteiger partial charge is 0.393 e. The van der Waals surface area contributed by atoms with E-state index < -0.39 is 41.9 Å². The van der Waals surface area contributed by atoms with Gasteiger partial charge in [0.1, 0.15) is 18.1 Å². The number of carbonyl (C=O) groups excluding carboxylic acids is 4. The summed E-state index contributed by atoms with van der Waals surface area (Å²) in [7, 11) is 0. The van der Waals surface area contributed by atoms with Crippen molar-refractivity contribution in [2.24, 2.45) is 29.2 Å². The lowest BCUT2D eigenvalue weighted by atomic mass is 9.99. The van der Waals surface area contributed by atoms with E-state index in [1.807, 2.05) is 79.4 Å². The molecule has 0 spiro atoms. The SMILES string of the molecule is CC(C)CC(NC(=O)C(Cc1ccccc1)NC(=O)C(N)Cc1ccccc1)C(=O)NC(CCCCN)C(=O)N1CC2CC(O)CC2C1. The Labute approximate surface area is 284 Å². The van der Waals surface area contributed by atoms with E-state index in [1.54, 1.807) is 0 Å².